The van der Waals surface area contributed by atoms with Crippen LogP contribution in [0.1, 0.15) is 37.8 Å². The number of rotatable bonds is 5. The third kappa shape index (κ3) is 3.85. The maximum Gasteiger partial charge on any atom is 0.120 e. The number of piperazine rings is 1. The quantitative estimate of drug-likeness (QED) is 0.871. The average molecular weight is 283 g/mol. The van der Waals surface area contributed by atoms with Gasteiger partial charge in [-0.3, -0.25) is 4.90 Å². The third-order valence-corrected chi connectivity index (χ3v) is 4.01. The molecule has 1 aliphatic heterocycles. The Morgan fingerprint density at radius 3 is 2.79 bits per heavy atom. The molecule has 0 bridgehead atoms. The molecule has 0 saturated carbocycles. The summed E-state index contributed by atoms with van der Waals surface area (Å²) in [4.78, 5) is 2.46. The van der Waals surface area contributed by atoms with Gasteiger partial charge in [-0.2, -0.15) is 0 Å². The molecule has 1 heterocycles. The van der Waals surface area contributed by atoms with Crippen LogP contribution in [-0.2, 0) is 0 Å². The average Bonchev–Trinajstić information content (AvgIpc) is 2.44. The Morgan fingerprint density at radius 1 is 1.37 bits per heavy atom. The van der Waals surface area contributed by atoms with Crippen LogP contribution in [-0.4, -0.2) is 36.2 Å². The van der Waals surface area contributed by atoms with Gasteiger partial charge in [0.2, 0.25) is 0 Å². The molecule has 106 valence electrons. The van der Waals surface area contributed by atoms with E-state index in [0.29, 0.717) is 10.8 Å². The summed E-state index contributed by atoms with van der Waals surface area (Å²) in [5, 5.41) is 14.2. The second-order valence-electron chi connectivity index (χ2n) is 5.15. The van der Waals surface area contributed by atoms with Gasteiger partial charge in [0, 0.05) is 42.8 Å². The molecule has 1 aromatic rings. The number of aromatic hydroxyl groups is 1. The van der Waals surface area contributed by atoms with Crippen molar-refractivity contribution in [1.82, 2.24) is 10.2 Å². The minimum Gasteiger partial charge on any atom is -0.508 e. The Kier molecular flexibility index (Phi) is 5.49. The second kappa shape index (κ2) is 7.13. The molecule has 0 aliphatic carbocycles. The highest BCUT2D eigenvalue weighted by Crippen LogP contribution is 2.34. The molecule has 19 heavy (non-hydrogen) atoms. The molecule has 1 saturated heterocycles. The summed E-state index contributed by atoms with van der Waals surface area (Å²) in [6, 6.07) is 5.65. The number of nitrogens with one attached hydrogen (secondary N) is 1. The molecule has 0 spiro atoms. The van der Waals surface area contributed by atoms with E-state index in [2.05, 4.69) is 17.1 Å². The molecule has 0 radical (unpaired) electrons. The molecule has 1 fully saturated rings. The van der Waals surface area contributed by atoms with E-state index in [1.165, 1.54) is 12.8 Å². The summed E-state index contributed by atoms with van der Waals surface area (Å²) in [5.41, 5.74) is 0.975. The number of nitrogens with zero attached hydrogens (tertiary/aromatic N) is 1. The lowest BCUT2D eigenvalue weighted by molar-refractivity contribution is 0.160. The van der Waals surface area contributed by atoms with Crippen molar-refractivity contribution in [2.45, 2.75) is 32.2 Å². The van der Waals surface area contributed by atoms with E-state index in [1.807, 2.05) is 6.07 Å². The van der Waals surface area contributed by atoms with E-state index in [4.69, 9.17) is 11.6 Å². The number of hydrogen-bond acceptors (Lipinski definition) is 3. The molecular weight excluding hydrogens is 260 g/mol. The van der Waals surface area contributed by atoms with Crippen molar-refractivity contribution in [2.24, 2.45) is 0 Å². The highest BCUT2D eigenvalue weighted by Gasteiger charge is 2.24. The van der Waals surface area contributed by atoms with Gasteiger partial charge in [-0.1, -0.05) is 31.4 Å². The van der Waals surface area contributed by atoms with Crippen LogP contribution in [0.25, 0.3) is 0 Å². The molecule has 1 atom stereocenters. The Balaban J connectivity index is 2.22. The molecule has 2 rings (SSSR count). The fourth-order valence-electron chi connectivity index (χ4n) is 2.72. The lowest BCUT2D eigenvalue weighted by atomic mass is 9.98. The smallest absolute Gasteiger partial charge is 0.120 e. The van der Waals surface area contributed by atoms with Gasteiger partial charge in [0.05, 0.1) is 0 Å². The number of halogens is 1. The third-order valence-electron chi connectivity index (χ3n) is 3.77. The molecular formula is C15H23ClN2O. The summed E-state index contributed by atoms with van der Waals surface area (Å²) in [6.45, 7) is 6.29. The lowest BCUT2D eigenvalue weighted by Gasteiger charge is -2.35. The van der Waals surface area contributed by atoms with Crippen LogP contribution >= 0.6 is 11.6 Å². The Labute approximate surface area is 120 Å². The largest absolute Gasteiger partial charge is 0.508 e. The van der Waals surface area contributed by atoms with Crippen LogP contribution in [0.15, 0.2) is 18.2 Å². The zero-order valence-electron chi connectivity index (χ0n) is 11.5. The number of phenolic OH excluding ortho intramolecular Hbond substituents is 1. The lowest BCUT2D eigenvalue weighted by Crippen LogP contribution is -2.45. The number of unbranched alkanes of at least 4 members (excludes halogenated alkanes) is 1. The fourth-order valence-corrected chi connectivity index (χ4v) is 2.90. The van der Waals surface area contributed by atoms with E-state index in [0.717, 1.165) is 38.2 Å². The zero-order chi connectivity index (χ0) is 13.7. The molecule has 0 aromatic heterocycles. The number of benzene rings is 1. The number of phenols is 1. The Hall–Kier alpha value is -0.770. The van der Waals surface area contributed by atoms with E-state index in [-0.39, 0.29) is 6.04 Å². The summed E-state index contributed by atoms with van der Waals surface area (Å²) in [7, 11) is 0. The van der Waals surface area contributed by atoms with Gasteiger partial charge in [-0.25, -0.2) is 0 Å². The Morgan fingerprint density at radius 2 is 2.11 bits per heavy atom. The molecule has 1 aliphatic rings. The first-order valence-electron chi connectivity index (χ1n) is 7.15. The van der Waals surface area contributed by atoms with Crippen molar-refractivity contribution in [3.8, 4) is 5.75 Å². The van der Waals surface area contributed by atoms with Crippen molar-refractivity contribution in [2.75, 3.05) is 26.2 Å². The van der Waals surface area contributed by atoms with Gasteiger partial charge in [0.15, 0.2) is 0 Å². The van der Waals surface area contributed by atoms with Crippen molar-refractivity contribution in [3.05, 3.63) is 28.8 Å². The Bertz CT molecular complexity index is 405. The SMILES string of the molecule is CCCC[C@H](c1cc(Cl)ccc1O)N1CCNCC1. The predicted molar refractivity (Wildman–Crippen MR) is 79.8 cm³/mol. The van der Waals surface area contributed by atoms with Gasteiger partial charge >= 0.3 is 0 Å². The molecule has 1 aromatic carbocycles. The van der Waals surface area contributed by atoms with E-state index in [9.17, 15) is 5.11 Å². The maximum absolute atomic E-state index is 10.1. The molecule has 0 unspecified atom stereocenters. The van der Waals surface area contributed by atoms with Crippen LogP contribution in [0.3, 0.4) is 0 Å². The predicted octanol–water partition coefficient (Wildman–Crippen LogP) is 3.18. The van der Waals surface area contributed by atoms with Crippen molar-refractivity contribution < 1.29 is 5.11 Å². The van der Waals surface area contributed by atoms with Crippen molar-refractivity contribution >= 4 is 11.6 Å². The minimum atomic E-state index is 0.278. The zero-order valence-corrected chi connectivity index (χ0v) is 12.3. The van der Waals surface area contributed by atoms with Crippen LogP contribution in [0.2, 0.25) is 5.02 Å². The molecule has 4 heteroatoms. The van der Waals surface area contributed by atoms with Crippen LogP contribution in [0.4, 0.5) is 0 Å². The van der Waals surface area contributed by atoms with Gasteiger partial charge in [0.25, 0.3) is 0 Å². The van der Waals surface area contributed by atoms with Gasteiger partial charge < -0.3 is 10.4 Å². The van der Waals surface area contributed by atoms with E-state index >= 15 is 0 Å². The molecule has 3 nitrogen and oxygen atoms in total. The first-order chi connectivity index (χ1) is 9.22. The summed E-state index contributed by atoms with van der Waals surface area (Å²) >= 11 is 6.09. The van der Waals surface area contributed by atoms with Crippen LogP contribution in [0, 0.1) is 0 Å². The summed E-state index contributed by atoms with van der Waals surface area (Å²) < 4.78 is 0. The van der Waals surface area contributed by atoms with Gasteiger partial charge in [0.1, 0.15) is 5.75 Å². The van der Waals surface area contributed by atoms with Crippen molar-refractivity contribution in [1.29, 1.82) is 0 Å². The van der Waals surface area contributed by atoms with Crippen molar-refractivity contribution in [3.63, 3.8) is 0 Å². The van der Waals surface area contributed by atoms with E-state index in [1.54, 1.807) is 12.1 Å². The first-order valence-corrected chi connectivity index (χ1v) is 7.53. The van der Waals surface area contributed by atoms with Crippen LogP contribution in [0.5, 0.6) is 5.75 Å². The standard InChI is InChI=1S/C15H23ClN2O/c1-2-3-4-14(18-9-7-17-8-10-18)13-11-12(16)5-6-15(13)19/h5-6,11,14,17,19H,2-4,7-10H2,1H3/t14-/m1/s1. The maximum atomic E-state index is 10.1. The first kappa shape index (κ1) is 14.6. The van der Waals surface area contributed by atoms with Crippen LogP contribution < -0.4 is 5.32 Å². The fraction of sp³-hybridized carbons (Fsp3) is 0.600. The molecule has 0 amide bonds. The highest BCUT2D eigenvalue weighted by molar-refractivity contribution is 6.30. The minimum absolute atomic E-state index is 0.278. The second-order valence-corrected chi connectivity index (χ2v) is 5.58. The highest BCUT2D eigenvalue weighted by atomic mass is 35.5. The topological polar surface area (TPSA) is 35.5 Å². The summed E-state index contributed by atoms with van der Waals surface area (Å²) in [6.07, 6.45) is 3.41. The number of hydrogen-bond donors (Lipinski definition) is 2. The monoisotopic (exact) mass is 282 g/mol. The summed E-state index contributed by atoms with van der Waals surface area (Å²) in [5.74, 6) is 0.365. The van der Waals surface area contributed by atoms with E-state index < -0.39 is 0 Å². The normalized spacial score (nSPS) is 18.4. The molecule has 2 N–H and O–H groups in total. The van der Waals surface area contributed by atoms with Gasteiger partial charge in [-0.15, -0.1) is 0 Å². The van der Waals surface area contributed by atoms with Gasteiger partial charge in [-0.05, 0) is 24.6 Å².